The molecule has 1 aliphatic heterocycles. The van der Waals surface area contributed by atoms with Crippen LogP contribution in [0.4, 0.5) is 0 Å². The Balaban J connectivity index is 2.51. The highest BCUT2D eigenvalue weighted by Crippen LogP contribution is 2.31. The van der Waals surface area contributed by atoms with Gasteiger partial charge in [-0.1, -0.05) is 12.1 Å². The monoisotopic (exact) mass is 162 g/mol. The number of fused-ring (bicyclic) bond motifs is 1. The average Bonchev–Trinajstić information content (AvgIpc) is 2.44. The van der Waals surface area contributed by atoms with Crippen molar-refractivity contribution in [2.75, 3.05) is 0 Å². The number of aldehydes is 1. The minimum absolute atomic E-state index is 0.209. The fraction of sp³-hybridized carbons (Fsp3) is 0.300. The summed E-state index contributed by atoms with van der Waals surface area (Å²) in [4.78, 5) is 10.6. The van der Waals surface area contributed by atoms with E-state index in [1.807, 2.05) is 19.1 Å². The van der Waals surface area contributed by atoms with E-state index in [9.17, 15) is 4.79 Å². The van der Waals surface area contributed by atoms with Crippen molar-refractivity contribution < 1.29 is 9.53 Å². The van der Waals surface area contributed by atoms with E-state index < -0.39 is 0 Å². The van der Waals surface area contributed by atoms with Crippen LogP contribution < -0.4 is 4.74 Å². The van der Waals surface area contributed by atoms with E-state index in [-0.39, 0.29) is 6.10 Å². The fourth-order valence-electron chi connectivity index (χ4n) is 1.55. The molecule has 0 saturated heterocycles. The van der Waals surface area contributed by atoms with Gasteiger partial charge in [-0.25, -0.2) is 0 Å². The molecule has 1 aliphatic rings. The number of ether oxygens (including phenoxy) is 1. The Morgan fingerprint density at radius 1 is 1.58 bits per heavy atom. The molecule has 1 heterocycles. The summed E-state index contributed by atoms with van der Waals surface area (Å²) in [5, 5.41) is 0. The predicted octanol–water partition coefficient (Wildman–Crippen LogP) is 1.82. The molecule has 1 atom stereocenters. The lowest BCUT2D eigenvalue weighted by atomic mass is 10.1. The van der Waals surface area contributed by atoms with Gasteiger partial charge in [0.05, 0.1) is 5.56 Å². The molecule has 0 saturated carbocycles. The van der Waals surface area contributed by atoms with Crippen LogP contribution >= 0.6 is 0 Å². The van der Waals surface area contributed by atoms with Crippen molar-refractivity contribution >= 4 is 6.29 Å². The van der Waals surface area contributed by atoms with Crippen LogP contribution in [0.1, 0.15) is 22.8 Å². The van der Waals surface area contributed by atoms with Crippen molar-refractivity contribution in [3.8, 4) is 5.75 Å². The van der Waals surface area contributed by atoms with Crippen molar-refractivity contribution in [2.45, 2.75) is 19.4 Å². The number of hydrogen-bond donors (Lipinski definition) is 0. The van der Waals surface area contributed by atoms with Crippen LogP contribution in [0.5, 0.6) is 5.75 Å². The van der Waals surface area contributed by atoms with Gasteiger partial charge in [-0.2, -0.15) is 0 Å². The van der Waals surface area contributed by atoms with Gasteiger partial charge in [0.2, 0.25) is 0 Å². The minimum Gasteiger partial charge on any atom is -0.489 e. The van der Waals surface area contributed by atoms with E-state index in [1.165, 1.54) is 0 Å². The quantitative estimate of drug-likeness (QED) is 0.589. The predicted molar refractivity (Wildman–Crippen MR) is 45.6 cm³/mol. The lowest BCUT2D eigenvalue weighted by molar-refractivity contribution is 0.111. The van der Waals surface area contributed by atoms with Crippen LogP contribution in [-0.2, 0) is 6.42 Å². The van der Waals surface area contributed by atoms with E-state index in [0.717, 1.165) is 24.0 Å². The summed E-state index contributed by atoms with van der Waals surface area (Å²) in [6.45, 7) is 2.01. The Labute approximate surface area is 71.2 Å². The second-order valence-electron chi connectivity index (χ2n) is 3.09. The van der Waals surface area contributed by atoms with Crippen molar-refractivity contribution in [1.82, 2.24) is 0 Å². The molecular formula is C10H10O2. The van der Waals surface area contributed by atoms with Crippen LogP contribution in [0.25, 0.3) is 0 Å². The smallest absolute Gasteiger partial charge is 0.153 e. The maximum Gasteiger partial charge on any atom is 0.153 e. The molecule has 0 aliphatic carbocycles. The largest absolute Gasteiger partial charge is 0.489 e. The molecule has 0 spiro atoms. The van der Waals surface area contributed by atoms with E-state index in [0.29, 0.717) is 5.56 Å². The van der Waals surface area contributed by atoms with Crippen molar-refractivity contribution in [1.29, 1.82) is 0 Å². The molecule has 0 aromatic heterocycles. The highest BCUT2D eigenvalue weighted by atomic mass is 16.5. The fourth-order valence-corrected chi connectivity index (χ4v) is 1.55. The number of para-hydroxylation sites is 1. The third kappa shape index (κ3) is 0.998. The van der Waals surface area contributed by atoms with Gasteiger partial charge >= 0.3 is 0 Å². The summed E-state index contributed by atoms with van der Waals surface area (Å²) < 4.78 is 5.50. The third-order valence-electron chi connectivity index (χ3n) is 2.08. The lowest BCUT2D eigenvalue weighted by Crippen LogP contribution is -2.05. The first-order chi connectivity index (χ1) is 5.81. The molecule has 0 N–H and O–H groups in total. The van der Waals surface area contributed by atoms with Crippen LogP contribution in [0.3, 0.4) is 0 Å². The summed E-state index contributed by atoms with van der Waals surface area (Å²) in [6.07, 6.45) is 1.97. The van der Waals surface area contributed by atoms with Crippen LogP contribution in [0.2, 0.25) is 0 Å². The summed E-state index contributed by atoms with van der Waals surface area (Å²) in [6, 6.07) is 5.68. The van der Waals surface area contributed by atoms with Gasteiger partial charge in [-0.3, -0.25) is 4.79 Å². The Bertz CT molecular complexity index is 318. The lowest BCUT2D eigenvalue weighted by Gasteiger charge is -2.03. The Morgan fingerprint density at radius 2 is 2.42 bits per heavy atom. The molecule has 62 valence electrons. The molecule has 2 heteroatoms. The summed E-state index contributed by atoms with van der Waals surface area (Å²) in [7, 11) is 0. The third-order valence-corrected chi connectivity index (χ3v) is 2.08. The summed E-state index contributed by atoms with van der Waals surface area (Å²) in [5.74, 6) is 0.778. The van der Waals surface area contributed by atoms with Gasteiger partial charge in [0.15, 0.2) is 6.29 Å². The Kier molecular flexibility index (Phi) is 1.61. The number of carbonyl (C=O) groups is 1. The number of carbonyl (C=O) groups excluding carboxylic acids is 1. The molecule has 1 aromatic carbocycles. The molecule has 0 radical (unpaired) electrons. The molecular weight excluding hydrogens is 152 g/mol. The van der Waals surface area contributed by atoms with Crippen molar-refractivity contribution in [3.05, 3.63) is 29.3 Å². The highest BCUT2D eigenvalue weighted by molar-refractivity contribution is 5.80. The zero-order valence-electron chi connectivity index (χ0n) is 6.91. The Morgan fingerprint density at radius 3 is 3.17 bits per heavy atom. The molecule has 0 amide bonds. The number of rotatable bonds is 1. The SMILES string of the molecule is CC1Cc2cccc(C=O)c2O1. The zero-order chi connectivity index (χ0) is 8.55. The first-order valence-electron chi connectivity index (χ1n) is 4.05. The molecule has 2 nitrogen and oxygen atoms in total. The van der Waals surface area contributed by atoms with Gasteiger partial charge in [-0.15, -0.1) is 0 Å². The molecule has 2 rings (SSSR count). The molecule has 12 heavy (non-hydrogen) atoms. The number of benzene rings is 1. The minimum atomic E-state index is 0.209. The summed E-state index contributed by atoms with van der Waals surface area (Å²) >= 11 is 0. The van der Waals surface area contributed by atoms with E-state index in [1.54, 1.807) is 6.07 Å². The van der Waals surface area contributed by atoms with Crippen molar-refractivity contribution in [2.24, 2.45) is 0 Å². The maximum absolute atomic E-state index is 10.6. The van der Waals surface area contributed by atoms with E-state index in [2.05, 4.69) is 0 Å². The Hall–Kier alpha value is -1.31. The van der Waals surface area contributed by atoms with Crippen LogP contribution in [-0.4, -0.2) is 12.4 Å². The van der Waals surface area contributed by atoms with E-state index in [4.69, 9.17) is 4.74 Å². The molecule has 1 unspecified atom stereocenters. The first-order valence-corrected chi connectivity index (χ1v) is 4.05. The molecule has 0 bridgehead atoms. The van der Waals surface area contributed by atoms with Gasteiger partial charge in [0, 0.05) is 6.42 Å². The standard InChI is InChI=1S/C10H10O2/c1-7-5-8-3-2-4-9(6-11)10(8)12-7/h2-4,6-7H,5H2,1H3. The van der Waals surface area contributed by atoms with E-state index >= 15 is 0 Å². The van der Waals surface area contributed by atoms with Crippen LogP contribution in [0.15, 0.2) is 18.2 Å². The number of hydrogen-bond acceptors (Lipinski definition) is 2. The van der Waals surface area contributed by atoms with Gasteiger partial charge < -0.3 is 4.74 Å². The molecule has 0 fully saturated rings. The zero-order valence-corrected chi connectivity index (χ0v) is 6.91. The maximum atomic E-state index is 10.6. The van der Waals surface area contributed by atoms with Gasteiger partial charge in [0.1, 0.15) is 11.9 Å². The molecule has 1 aromatic rings. The normalized spacial score (nSPS) is 19.9. The average molecular weight is 162 g/mol. The summed E-state index contributed by atoms with van der Waals surface area (Å²) in [5.41, 5.74) is 1.81. The van der Waals surface area contributed by atoms with Gasteiger partial charge in [0.25, 0.3) is 0 Å². The van der Waals surface area contributed by atoms with Crippen LogP contribution in [0, 0.1) is 0 Å². The van der Waals surface area contributed by atoms with Crippen molar-refractivity contribution in [3.63, 3.8) is 0 Å². The van der Waals surface area contributed by atoms with Gasteiger partial charge in [-0.05, 0) is 18.6 Å². The highest BCUT2D eigenvalue weighted by Gasteiger charge is 2.20. The topological polar surface area (TPSA) is 26.3 Å². The first kappa shape index (κ1) is 7.35. The second-order valence-corrected chi connectivity index (χ2v) is 3.09. The second kappa shape index (κ2) is 2.63.